The number of carbonyl (C=O) groups is 2. The molecule has 1 aromatic rings. The van der Waals surface area contributed by atoms with Gasteiger partial charge in [0.25, 0.3) is 5.91 Å². The van der Waals surface area contributed by atoms with Crippen molar-refractivity contribution in [1.82, 2.24) is 10.2 Å². The second kappa shape index (κ2) is 7.95. The Kier molecular flexibility index (Phi) is 5.66. The number of nitrogens with one attached hydrogen (secondary N) is 1. The van der Waals surface area contributed by atoms with Crippen molar-refractivity contribution in [3.8, 4) is 11.5 Å². The summed E-state index contributed by atoms with van der Waals surface area (Å²) in [6, 6.07) is 5.26. The maximum absolute atomic E-state index is 12.9. The van der Waals surface area contributed by atoms with E-state index in [-0.39, 0.29) is 17.2 Å². The molecule has 26 heavy (non-hydrogen) atoms. The molecule has 0 saturated carbocycles. The van der Waals surface area contributed by atoms with Crippen LogP contribution in [0.2, 0.25) is 0 Å². The molecule has 2 saturated heterocycles. The van der Waals surface area contributed by atoms with E-state index < -0.39 is 0 Å². The second-order valence-corrected chi connectivity index (χ2v) is 7.10. The number of nitrogens with two attached hydrogens (primary N) is 1. The maximum atomic E-state index is 12.9. The van der Waals surface area contributed by atoms with Crippen molar-refractivity contribution in [2.24, 2.45) is 11.1 Å². The van der Waals surface area contributed by atoms with E-state index in [1.807, 2.05) is 4.90 Å². The van der Waals surface area contributed by atoms with Crippen LogP contribution < -0.4 is 20.5 Å². The molecule has 7 nitrogen and oxygen atoms in total. The number of methoxy groups -OCH3 is 1. The van der Waals surface area contributed by atoms with Crippen LogP contribution in [-0.4, -0.2) is 56.6 Å². The summed E-state index contributed by atoms with van der Waals surface area (Å²) in [5.41, 5.74) is 6.12. The lowest BCUT2D eigenvalue weighted by Gasteiger charge is -2.38. The van der Waals surface area contributed by atoms with Gasteiger partial charge in [0.1, 0.15) is 0 Å². The Hall–Kier alpha value is -2.28. The van der Waals surface area contributed by atoms with E-state index in [2.05, 4.69) is 5.32 Å². The van der Waals surface area contributed by atoms with Crippen LogP contribution in [0, 0.1) is 5.41 Å². The fraction of sp³-hybridized carbons (Fsp3) is 0.579. The van der Waals surface area contributed by atoms with Crippen LogP contribution in [0.25, 0.3) is 0 Å². The zero-order valence-electron chi connectivity index (χ0n) is 15.3. The van der Waals surface area contributed by atoms with Crippen LogP contribution in [0.4, 0.5) is 0 Å². The molecule has 2 aliphatic heterocycles. The smallest absolute Gasteiger partial charge is 0.253 e. The molecule has 2 fully saturated rings. The normalized spacial score (nSPS) is 18.7. The van der Waals surface area contributed by atoms with Crippen molar-refractivity contribution in [1.29, 1.82) is 0 Å². The maximum Gasteiger partial charge on any atom is 0.253 e. The van der Waals surface area contributed by atoms with Crippen molar-refractivity contribution < 1.29 is 19.1 Å². The Balaban J connectivity index is 1.66. The number of carbonyl (C=O) groups excluding carboxylic acids is 2. The number of amides is 2. The van der Waals surface area contributed by atoms with Crippen LogP contribution in [0.15, 0.2) is 18.2 Å². The average molecular weight is 361 g/mol. The Bertz CT molecular complexity index is 669. The zero-order valence-corrected chi connectivity index (χ0v) is 15.3. The number of likely N-dealkylation sites (tertiary alicyclic amines) is 1. The first-order valence-electron chi connectivity index (χ1n) is 9.14. The molecule has 2 heterocycles. The van der Waals surface area contributed by atoms with E-state index in [0.29, 0.717) is 49.7 Å². The van der Waals surface area contributed by atoms with E-state index in [1.54, 1.807) is 25.3 Å². The summed E-state index contributed by atoms with van der Waals surface area (Å²) in [7, 11) is 1.58. The van der Waals surface area contributed by atoms with Gasteiger partial charge in [0, 0.05) is 31.6 Å². The number of piperidine rings is 1. The Morgan fingerprint density at radius 1 is 1.31 bits per heavy atom. The molecule has 0 unspecified atom stereocenters. The van der Waals surface area contributed by atoms with Gasteiger partial charge in [-0.15, -0.1) is 0 Å². The molecule has 2 amide bonds. The van der Waals surface area contributed by atoms with Crippen molar-refractivity contribution in [3.05, 3.63) is 23.8 Å². The molecule has 1 aromatic carbocycles. The molecule has 3 rings (SSSR count). The quantitative estimate of drug-likeness (QED) is 0.742. The summed E-state index contributed by atoms with van der Waals surface area (Å²) in [5, 5.41) is 2.92. The third-order valence-corrected chi connectivity index (χ3v) is 5.32. The van der Waals surface area contributed by atoms with Crippen LogP contribution in [-0.2, 0) is 4.79 Å². The average Bonchev–Trinajstić information content (AvgIpc) is 3.02. The number of nitrogens with zero attached hydrogens (tertiary/aromatic N) is 1. The van der Waals surface area contributed by atoms with Gasteiger partial charge in [-0.3, -0.25) is 9.59 Å². The number of hydrogen-bond donors (Lipinski definition) is 2. The lowest BCUT2D eigenvalue weighted by molar-refractivity contribution is -0.119. The van der Waals surface area contributed by atoms with Crippen molar-refractivity contribution in [2.45, 2.75) is 25.7 Å². The molecule has 2 aliphatic rings. The minimum Gasteiger partial charge on any atom is -0.493 e. The number of rotatable bonds is 6. The van der Waals surface area contributed by atoms with Gasteiger partial charge in [-0.2, -0.15) is 0 Å². The third kappa shape index (κ3) is 3.93. The first kappa shape index (κ1) is 18.5. The van der Waals surface area contributed by atoms with Crippen molar-refractivity contribution in [2.75, 3.05) is 39.9 Å². The second-order valence-electron chi connectivity index (χ2n) is 7.10. The lowest BCUT2D eigenvalue weighted by atomic mass is 9.77. The van der Waals surface area contributed by atoms with Crippen LogP contribution in [0.1, 0.15) is 36.0 Å². The summed E-state index contributed by atoms with van der Waals surface area (Å²) in [6.07, 6.45) is 3.03. The standard InChI is InChI=1S/C19H27N3O4/c1-25-15-4-3-14(11-16(15)26-10-2-7-20)18(24)22-8-5-19(6-9-22)12-17(23)21-13-19/h3-4,11H,2,5-10,12-13,20H2,1H3,(H,21,23). The van der Waals surface area contributed by atoms with Gasteiger partial charge in [0.05, 0.1) is 13.7 Å². The van der Waals surface area contributed by atoms with E-state index in [0.717, 1.165) is 25.8 Å². The molecule has 0 atom stereocenters. The third-order valence-electron chi connectivity index (χ3n) is 5.32. The summed E-state index contributed by atoms with van der Waals surface area (Å²) >= 11 is 0. The van der Waals surface area contributed by atoms with Crippen LogP contribution in [0.3, 0.4) is 0 Å². The van der Waals surface area contributed by atoms with E-state index in [9.17, 15) is 9.59 Å². The Morgan fingerprint density at radius 2 is 2.08 bits per heavy atom. The SMILES string of the molecule is COc1ccc(C(=O)N2CCC3(CC2)CNC(=O)C3)cc1OCCCN. The molecule has 7 heteroatoms. The monoisotopic (exact) mass is 361 g/mol. The van der Waals surface area contributed by atoms with Crippen molar-refractivity contribution >= 4 is 11.8 Å². The molecule has 0 aliphatic carbocycles. The summed E-state index contributed by atoms with van der Waals surface area (Å²) in [4.78, 5) is 26.3. The highest BCUT2D eigenvalue weighted by molar-refractivity contribution is 5.95. The highest BCUT2D eigenvalue weighted by Gasteiger charge is 2.41. The van der Waals surface area contributed by atoms with Crippen LogP contribution in [0.5, 0.6) is 11.5 Å². The largest absolute Gasteiger partial charge is 0.493 e. The van der Waals surface area contributed by atoms with Gasteiger partial charge in [-0.1, -0.05) is 0 Å². The van der Waals surface area contributed by atoms with E-state index in [1.165, 1.54) is 0 Å². The fourth-order valence-electron chi connectivity index (χ4n) is 3.66. The summed E-state index contributed by atoms with van der Waals surface area (Å²) in [6.45, 7) is 3.10. The number of benzene rings is 1. The van der Waals surface area contributed by atoms with Gasteiger partial charge >= 0.3 is 0 Å². The molecule has 3 N–H and O–H groups in total. The minimum absolute atomic E-state index is 0.0107. The van der Waals surface area contributed by atoms with Gasteiger partial charge in [-0.05, 0) is 49.4 Å². The highest BCUT2D eigenvalue weighted by atomic mass is 16.5. The Labute approximate surface area is 153 Å². The summed E-state index contributed by atoms with van der Waals surface area (Å²) < 4.78 is 11.0. The van der Waals surface area contributed by atoms with E-state index >= 15 is 0 Å². The first-order valence-corrected chi connectivity index (χ1v) is 9.14. The lowest BCUT2D eigenvalue weighted by Crippen LogP contribution is -2.44. The molecule has 1 spiro atoms. The first-order chi connectivity index (χ1) is 12.6. The fourth-order valence-corrected chi connectivity index (χ4v) is 3.66. The van der Waals surface area contributed by atoms with Gasteiger partial charge in [0.15, 0.2) is 11.5 Å². The van der Waals surface area contributed by atoms with Crippen molar-refractivity contribution in [3.63, 3.8) is 0 Å². The minimum atomic E-state index is -0.0107. The number of hydrogen-bond acceptors (Lipinski definition) is 5. The highest BCUT2D eigenvalue weighted by Crippen LogP contribution is 2.38. The number of ether oxygens (including phenoxy) is 2. The van der Waals surface area contributed by atoms with Gasteiger partial charge < -0.3 is 25.4 Å². The Morgan fingerprint density at radius 3 is 2.69 bits per heavy atom. The predicted molar refractivity (Wildman–Crippen MR) is 97.4 cm³/mol. The predicted octanol–water partition coefficient (Wildman–Crippen LogP) is 1.17. The topological polar surface area (TPSA) is 93.9 Å². The summed E-state index contributed by atoms with van der Waals surface area (Å²) in [5.74, 6) is 1.28. The zero-order chi connectivity index (χ0) is 18.6. The molecular formula is C19H27N3O4. The van der Waals surface area contributed by atoms with Gasteiger partial charge in [0.2, 0.25) is 5.91 Å². The molecule has 0 radical (unpaired) electrons. The van der Waals surface area contributed by atoms with Gasteiger partial charge in [-0.25, -0.2) is 0 Å². The van der Waals surface area contributed by atoms with E-state index in [4.69, 9.17) is 15.2 Å². The molecule has 142 valence electrons. The van der Waals surface area contributed by atoms with Crippen LogP contribution >= 0.6 is 0 Å². The molecule has 0 bridgehead atoms. The molecule has 0 aromatic heterocycles. The molecular weight excluding hydrogens is 334 g/mol.